The number of likely N-dealkylation sites (tertiary alicyclic amines) is 1. The van der Waals surface area contributed by atoms with Crippen LogP contribution in [0.2, 0.25) is 0 Å². The molecule has 15 heteroatoms. The predicted molar refractivity (Wildman–Crippen MR) is 225 cm³/mol. The number of aliphatic hydroxyl groups is 1. The Morgan fingerprint density at radius 3 is 2.02 bits per heavy atom. The van der Waals surface area contributed by atoms with E-state index < -0.39 is 66.3 Å². The molecule has 1 aliphatic heterocycles. The van der Waals surface area contributed by atoms with Crippen molar-refractivity contribution in [1.82, 2.24) is 25.3 Å². The summed E-state index contributed by atoms with van der Waals surface area (Å²) < 4.78 is 11.9. The van der Waals surface area contributed by atoms with Crippen molar-refractivity contribution in [2.24, 2.45) is 23.7 Å². The summed E-state index contributed by atoms with van der Waals surface area (Å²) >= 11 is 0. The van der Waals surface area contributed by atoms with E-state index in [2.05, 4.69) is 10.6 Å². The van der Waals surface area contributed by atoms with Crippen molar-refractivity contribution in [3.8, 4) is 0 Å². The highest BCUT2D eigenvalue weighted by molar-refractivity contribution is 5.92. The molecule has 2 rings (SSSR count). The first-order chi connectivity index (χ1) is 27.7. The van der Waals surface area contributed by atoms with Crippen LogP contribution in [0.5, 0.6) is 0 Å². The van der Waals surface area contributed by atoms with Crippen LogP contribution in [0.3, 0.4) is 0 Å². The lowest BCUT2D eigenvalue weighted by molar-refractivity contribution is -0.148. The van der Waals surface area contributed by atoms with E-state index in [0.717, 1.165) is 6.42 Å². The Hall–Kier alpha value is -4.08. The van der Waals surface area contributed by atoms with E-state index in [4.69, 9.17) is 14.6 Å². The third kappa shape index (κ3) is 14.0. The number of ether oxygens (including phenoxy) is 2. The van der Waals surface area contributed by atoms with Gasteiger partial charge in [-0.2, -0.15) is 0 Å². The van der Waals surface area contributed by atoms with E-state index in [1.54, 1.807) is 56.7 Å². The average molecular weight is 832 g/mol. The summed E-state index contributed by atoms with van der Waals surface area (Å²) in [5.41, 5.74) is 0.688. The van der Waals surface area contributed by atoms with Crippen LogP contribution in [0.25, 0.3) is 0 Å². The SMILES string of the molecule is CC[C@H](C)[C@@H]([C@@H](CC(=O)N1CCC[C@H]1[C@H](OC)[C@@H](C)C(=O)N[C@H](C)[C@@H](O)c1ccccc1)OC)N(C)C(=O)[C@@H](NC(=O)[C@H](C(C)C)N(C)C(=O)CCCC(=O)O)C(C)C. The Bertz CT molecular complexity index is 1530. The fourth-order valence-corrected chi connectivity index (χ4v) is 8.30. The zero-order valence-corrected chi connectivity index (χ0v) is 37.5. The molecular weight excluding hydrogens is 759 g/mol. The van der Waals surface area contributed by atoms with Gasteiger partial charge >= 0.3 is 5.97 Å². The Balaban J connectivity index is 2.26. The minimum Gasteiger partial charge on any atom is -0.481 e. The molecular formula is C44H73N5O10. The van der Waals surface area contributed by atoms with Crippen molar-refractivity contribution in [1.29, 1.82) is 0 Å². The molecule has 1 saturated heterocycles. The van der Waals surface area contributed by atoms with Crippen molar-refractivity contribution in [3.05, 3.63) is 35.9 Å². The second kappa shape index (κ2) is 24.2. The maximum absolute atomic E-state index is 14.4. The number of aliphatic hydroxyl groups excluding tert-OH is 1. The zero-order valence-electron chi connectivity index (χ0n) is 37.5. The third-order valence-corrected chi connectivity index (χ3v) is 12.0. The molecule has 5 amide bonds. The maximum atomic E-state index is 14.4. The molecule has 1 aromatic rings. The Morgan fingerprint density at radius 1 is 0.864 bits per heavy atom. The number of amides is 5. The molecule has 59 heavy (non-hydrogen) atoms. The van der Waals surface area contributed by atoms with Gasteiger partial charge in [-0.25, -0.2) is 0 Å². The lowest BCUT2D eigenvalue weighted by Gasteiger charge is -2.41. The smallest absolute Gasteiger partial charge is 0.303 e. The summed E-state index contributed by atoms with van der Waals surface area (Å²) in [6.45, 7) is 15.2. The maximum Gasteiger partial charge on any atom is 0.303 e. The summed E-state index contributed by atoms with van der Waals surface area (Å²) in [6, 6.07) is 5.73. The molecule has 1 heterocycles. The van der Waals surface area contributed by atoms with Gasteiger partial charge in [0.25, 0.3) is 0 Å². The molecule has 0 unspecified atom stereocenters. The van der Waals surface area contributed by atoms with Crippen LogP contribution in [0, 0.1) is 23.7 Å². The van der Waals surface area contributed by atoms with Gasteiger partial charge in [0.1, 0.15) is 12.1 Å². The van der Waals surface area contributed by atoms with Crippen molar-refractivity contribution in [2.45, 2.75) is 149 Å². The van der Waals surface area contributed by atoms with E-state index in [0.29, 0.717) is 24.9 Å². The fourth-order valence-electron chi connectivity index (χ4n) is 8.30. The van der Waals surface area contributed by atoms with Crippen molar-refractivity contribution < 1.29 is 48.5 Å². The molecule has 334 valence electrons. The highest BCUT2D eigenvalue weighted by Crippen LogP contribution is 2.30. The number of hydrogen-bond acceptors (Lipinski definition) is 9. The quantitative estimate of drug-likeness (QED) is 0.118. The summed E-state index contributed by atoms with van der Waals surface area (Å²) in [5.74, 6) is -4.12. The molecule has 1 aliphatic rings. The third-order valence-electron chi connectivity index (χ3n) is 12.0. The van der Waals surface area contributed by atoms with E-state index in [1.165, 1.54) is 26.2 Å². The number of rotatable bonds is 24. The van der Waals surface area contributed by atoms with E-state index in [1.807, 2.05) is 45.9 Å². The molecule has 10 atom stereocenters. The lowest BCUT2D eigenvalue weighted by atomic mass is 9.89. The molecule has 0 aromatic heterocycles. The first-order valence-corrected chi connectivity index (χ1v) is 21.2. The van der Waals surface area contributed by atoms with E-state index in [9.17, 15) is 33.9 Å². The molecule has 1 aromatic carbocycles. The number of carboxylic acid groups (broad SMARTS) is 1. The van der Waals surface area contributed by atoms with Gasteiger partial charge in [0.15, 0.2) is 0 Å². The standard InChI is InChI=1S/C44H73N5O10/c1-13-28(6)39(48(10)44(57)37(26(2)3)46-43(56)38(27(4)5)47(9)34(50)22-17-23-36(52)53)33(58-11)25-35(51)49-24-18-21-32(49)41(59-12)29(7)42(55)45-30(8)40(54)31-19-15-14-16-20-31/h14-16,19-20,26-30,32-33,37-41,54H,13,17-18,21-25H2,1-12H3,(H,45,55)(H,46,56)(H,52,53)/t28-,29+,30+,32-,33+,37-,38-,39-,40+,41+/m0/s1. The number of carbonyl (C=O) groups excluding carboxylic acids is 5. The molecule has 1 fully saturated rings. The van der Waals surface area contributed by atoms with Gasteiger partial charge < -0.3 is 45.0 Å². The Labute approximate surface area is 351 Å². The van der Waals surface area contributed by atoms with Crippen molar-refractivity contribution >= 4 is 35.5 Å². The lowest BCUT2D eigenvalue weighted by Crippen LogP contribution is -2.60. The normalized spacial score (nSPS) is 18.8. The molecule has 0 radical (unpaired) electrons. The van der Waals surface area contributed by atoms with Crippen LogP contribution >= 0.6 is 0 Å². The van der Waals surface area contributed by atoms with Gasteiger partial charge in [-0.1, -0.05) is 85.2 Å². The van der Waals surface area contributed by atoms with Crippen LogP contribution < -0.4 is 10.6 Å². The highest BCUT2D eigenvalue weighted by Gasteiger charge is 2.43. The van der Waals surface area contributed by atoms with Gasteiger partial charge in [0, 0.05) is 47.7 Å². The van der Waals surface area contributed by atoms with E-state index >= 15 is 0 Å². The van der Waals surface area contributed by atoms with Crippen LogP contribution in [0.4, 0.5) is 0 Å². The molecule has 0 spiro atoms. The van der Waals surface area contributed by atoms with Gasteiger partial charge in [-0.05, 0) is 49.5 Å². The largest absolute Gasteiger partial charge is 0.481 e. The fraction of sp³-hybridized carbons (Fsp3) is 0.727. The molecule has 0 bridgehead atoms. The summed E-state index contributed by atoms with van der Waals surface area (Å²) in [7, 11) is 6.21. The Morgan fingerprint density at radius 2 is 1.49 bits per heavy atom. The van der Waals surface area contributed by atoms with Crippen LogP contribution in [0.1, 0.15) is 112 Å². The van der Waals surface area contributed by atoms with Gasteiger partial charge in [-0.3, -0.25) is 28.8 Å². The van der Waals surface area contributed by atoms with Crippen molar-refractivity contribution in [2.75, 3.05) is 34.9 Å². The molecule has 0 saturated carbocycles. The van der Waals surface area contributed by atoms with Crippen LogP contribution in [0.15, 0.2) is 30.3 Å². The number of aliphatic carboxylic acids is 1. The van der Waals surface area contributed by atoms with Crippen LogP contribution in [-0.4, -0.2) is 138 Å². The number of benzene rings is 1. The second-order valence-electron chi connectivity index (χ2n) is 16.9. The van der Waals surface area contributed by atoms with Crippen molar-refractivity contribution in [3.63, 3.8) is 0 Å². The monoisotopic (exact) mass is 832 g/mol. The summed E-state index contributed by atoms with van der Waals surface area (Å²) in [6.07, 6.45) is -0.311. The molecule has 4 N–H and O–H groups in total. The Kier molecular flexibility index (Phi) is 21.0. The van der Waals surface area contributed by atoms with Gasteiger partial charge in [0.05, 0.1) is 48.8 Å². The van der Waals surface area contributed by atoms with E-state index in [-0.39, 0.29) is 67.1 Å². The summed E-state index contributed by atoms with van der Waals surface area (Å²) in [4.78, 5) is 84.6. The van der Waals surface area contributed by atoms with Crippen LogP contribution in [-0.2, 0) is 38.2 Å². The number of methoxy groups -OCH3 is 2. The minimum atomic E-state index is -1.00. The number of likely N-dealkylation sites (N-methyl/N-ethyl adjacent to an activating group) is 2. The number of carboxylic acids is 1. The highest BCUT2D eigenvalue weighted by atomic mass is 16.5. The number of nitrogens with one attached hydrogen (secondary N) is 2. The number of nitrogens with zero attached hydrogens (tertiary/aromatic N) is 3. The molecule has 0 aliphatic carbocycles. The first kappa shape index (κ1) is 51.1. The van der Waals surface area contributed by atoms with Gasteiger partial charge in [0.2, 0.25) is 29.5 Å². The first-order valence-electron chi connectivity index (χ1n) is 21.2. The van der Waals surface area contributed by atoms with Gasteiger partial charge in [-0.15, -0.1) is 0 Å². The average Bonchev–Trinajstić information content (AvgIpc) is 3.68. The minimum absolute atomic E-state index is 0.0274. The summed E-state index contributed by atoms with van der Waals surface area (Å²) in [5, 5.41) is 25.7. The zero-order chi connectivity index (χ0) is 44.7. The number of hydrogen-bond donors (Lipinski definition) is 4. The molecule has 15 nitrogen and oxygen atoms in total. The second-order valence-corrected chi connectivity index (χ2v) is 16.9. The number of carbonyl (C=O) groups is 6. The topological polar surface area (TPSA) is 195 Å². The predicted octanol–water partition coefficient (Wildman–Crippen LogP) is 4.02.